The lowest BCUT2D eigenvalue weighted by Crippen LogP contribution is -2.48. The van der Waals surface area contributed by atoms with Gasteiger partial charge in [-0.3, -0.25) is 9.80 Å². The van der Waals surface area contributed by atoms with Crippen molar-refractivity contribution >= 4 is 0 Å². The highest BCUT2D eigenvalue weighted by Crippen LogP contribution is 2.32. The van der Waals surface area contributed by atoms with Crippen molar-refractivity contribution in [1.29, 1.82) is 0 Å². The van der Waals surface area contributed by atoms with Crippen LogP contribution in [0.3, 0.4) is 0 Å². The number of piperazine rings is 1. The summed E-state index contributed by atoms with van der Waals surface area (Å²) in [6.45, 7) is 10.4. The molecule has 6 heteroatoms. The topological polar surface area (TPSA) is 54.4 Å². The van der Waals surface area contributed by atoms with Gasteiger partial charge in [0.15, 0.2) is 11.5 Å². The van der Waals surface area contributed by atoms with Gasteiger partial charge >= 0.3 is 0 Å². The third kappa shape index (κ3) is 5.45. The van der Waals surface area contributed by atoms with Gasteiger partial charge in [-0.15, -0.1) is 0 Å². The molecule has 0 spiro atoms. The second-order valence-corrected chi connectivity index (χ2v) is 8.45. The maximum absolute atomic E-state index is 10.4. The number of rotatable bonds is 8. The minimum atomic E-state index is -0.491. The van der Waals surface area contributed by atoms with E-state index < -0.39 is 6.10 Å². The van der Waals surface area contributed by atoms with E-state index in [0.717, 1.165) is 50.0 Å². The average Bonchev–Trinajstić information content (AvgIpc) is 3.22. The molecule has 2 aromatic carbocycles. The quantitative estimate of drug-likeness (QED) is 0.719. The molecule has 0 amide bonds. The molecular formula is C24H32N2O4. The Balaban J connectivity index is 1.17. The normalized spacial score (nSPS) is 18.0. The number of fused-ring (bicyclic) bond motifs is 1. The number of ether oxygens (including phenoxy) is 3. The van der Waals surface area contributed by atoms with Crippen LogP contribution in [0, 0.1) is 0 Å². The van der Waals surface area contributed by atoms with Crippen LogP contribution in [-0.2, 0) is 6.54 Å². The van der Waals surface area contributed by atoms with Gasteiger partial charge in [0.25, 0.3) is 0 Å². The third-order valence-electron chi connectivity index (χ3n) is 5.77. The van der Waals surface area contributed by atoms with E-state index in [-0.39, 0.29) is 0 Å². The molecule has 2 heterocycles. The van der Waals surface area contributed by atoms with Crippen molar-refractivity contribution in [3.63, 3.8) is 0 Å². The molecule has 0 bridgehead atoms. The van der Waals surface area contributed by atoms with Crippen LogP contribution >= 0.6 is 0 Å². The Morgan fingerprint density at radius 2 is 1.63 bits per heavy atom. The predicted octanol–water partition coefficient (Wildman–Crippen LogP) is 3.10. The van der Waals surface area contributed by atoms with Gasteiger partial charge in [-0.05, 0) is 41.3 Å². The molecule has 4 rings (SSSR count). The summed E-state index contributed by atoms with van der Waals surface area (Å²) >= 11 is 0. The summed E-state index contributed by atoms with van der Waals surface area (Å²) in [6, 6.07) is 14.3. The summed E-state index contributed by atoms with van der Waals surface area (Å²) in [7, 11) is 0. The van der Waals surface area contributed by atoms with Crippen molar-refractivity contribution in [3.05, 3.63) is 53.6 Å². The zero-order valence-corrected chi connectivity index (χ0v) is 17.9. The highest BCUT2D eigenvalue weighted by molar-refractivity contribution is 5.44. The van der Waals surface area contributed by atoms with E-state index >= 15 is 0 Å². The minimum Gasteiger partial charge on any atom is -0.491 e. The van der Waals surface area contributed by atoms with Gasteiger partial charge in [0.1, 0.15) is 18.5 Å². The van der Waals surface area contributed by atoms with E-state index in [1.54, 1.807) is 0 Å². The van der Waals surface area contributed by atoms with E-state index in [9.17, 15) is 5.11 Å². The fraction of sp³-hybridized carbons (Fsp3) is 0.500. The van der Waals surface area contributed by atoms with E-state index in [4.69, 9.17) is 14.2 Å². The van der Waals surface area contributed by atoms with Crippen molar-refractivity contribution in [1.82, 2.24) is 9.80 Å². The van der Waals surface area contributed by atoms with Crippen LogP contribution in [0.5, 0.6) is 17.2 Å². The summed E-state index contributed by atoms with van der Waals surface area (Å²) < 4.78 is 16.6. The van der Waals surface area contributed by atoms with Gasteiger partial charge in [-0.2, -0.15) is 0 Å². The number of hydrogen-bond donors (Lipinski definition) is 1. The van der Waals surface area contributed by atoms with Crippen LogP contribution in [0.2, 0.25) is 0 Å². The van der Waals surface area contributed by atoms with Crippen LogP contribution in [0.25, 0.3) is 0 Å². The van der Waals surface area contributed by atoms with E-state index in [1.165, 1.54) is 11.1 Å². The fourth-order valence-corrected chi connectivity index (χ4v) is 3.92. The van der Waals surface area contributed by atoms with Crippen LogP contribution in [0.15, 0.2) is 42.5 Å². The SMILES string of the molecule is CC(C)c1ccc(OC[C@H](O)CN2CCN(Cc3ccc4c(c3)OCO4)CC2)cc1. The molecule has 0 aliphatic carbocycles. The van der Waals surface area contributed by atoms with Gasteiger partial charge < -0.3 is 19.3 Å². The number of hydrogen-bond acceptors (Lipinski definition) is 6. The van der Waals surface area contributed by atoms with E-state index in [2.05, 4.69) is 47.9 Å². The number of benzene rings is 2. The molecule has 0 unspecified atom stereocenters. The Morgan fingerprint density at radius 3 is 2.37 bits per heavy atom. The van der Waals surface area contributed by atoms with Gasteiger partial charge in [0, 0.05) is 39.3 Å². The molecule has 2 aliphatic heterocycles. The summed E-state index contributed by atoms with van der Waals surface area (Å²) in [6.07, 6.45) is -0.491. The van der Waals surface area contributed by atoms with Crippen molar-refractivity contribution in [3.8, 4) is 17.2 Å². The monoisotopic (exact) mass is 412 g/mol. The van der Waals surface area contributed by atoms with Gasteiger partial charge in [-0.1, -0.05) is 32.0 Å². The molecule has 0 saturated carbocycles. The van der Waals surface area contributed by atoms with Crippen LogP contribution in [-0.4, -0.2) is 67.1 Å². The second-order valence-electron chi connectivity index (χ2n) is 8.45. The summed E-state index contributed by atoms with van der Waals surface area (Å²) in [5.74, 6) is 2.99. The molecule has 0 radical (unpaired) electrons. The third-order valence-corrected chi connectivity index (χ3v) is 5.77. The van der Waals surface area contributed by atoms with Gasteiger partial charge in [0.05, 0.1) is 0 Å². The molecular weight excluding hydrogens is 380 g/mol. The molecule has 0 aromatic heterocycles. The Labute approximate surface area is 179 Å². The smallest absolute Gasteiger partial charge is 0.231 e. The molecule has 30 heavy (non-hydrogen) atoms. The van der Waals surface area contributed by atoms with Crippen molar-refractivity contribution in [2.75, 3.05) is 46.1 Å². The number of aliphatic hydroxyl groups excluding tert-OH is 1. The first-order chi connectivity index (χ1) is 14.6. The molecule has 1 fully saturated rings. The number of aliphatic hydroxyl groups is 1. The molecule has 1 saturated heterocycles. The van der Waals surface area contributed by atoms with Crippen molar-refractivity contribution in [2.45, 2.75) is 32.4 Å². The maximum atomic E-state index is 10.4. The zero-order chi connectivity index (χ0) is 20.9. The van der Waals surface area contributed by atoms with Crippen LogP contribution < -0.4 is 14.2 Å². The molecule has 162 valence electrons. The van der Waals surface area contributed by atoms with Crippen molar-refractivity contribution in [2.24, 2.45) is 0 Å². The largest absolute Gasteiger partial charge is 0.491 e. The first kappa shape index (κ1) is 21.0. The minimum absolute atomic E-state index is 0.312. The summed E-state index contributed by atoms with van der Waals surface area (Å²) in [5.41, 5.74) is 2.53. The fourth-order valence-electron chi connectivity index (χ4n) is 3.92. The lowest BCUT2D eigenvalue weighted by Gasteiger charge is -2.35. The van der Waals surface area contributed by atoms with E-state index in [0.29, 0.717) is 25.9 Å². The second kappa shape index (κ2) is 9.69. The predicted molar refractivity (Wildman–Crippen MR) is 116 cm³/mol. The highest BCUT2D eigenvalue weighted by Gasteiger charge is 2.21. The lowest BCUT2D eigenvalue weighted by molar-refractivity contribution is 0.0446. The standard InChI is InChI=1S/C24H32N2O4/c1-18(2)20-4-6-22(7-5-20)28-16-21(27)15-26-11-9-25(10-12-26)14-19-3-8-23-24(13-19)30-17-29-23/h3-8,13,18,21,27H,9-12,14-17H2,1-2H3/t21-/m1/s1. The van der Waals surface area contributed by atoms with Gasteiger partial charge in [-0.25, -0.2) is 0 Å². The first-order valence-corrected chi connectivity index (χ1v) is 10.8. The maximum Gasteiger partial charge on any atom is 0.231 e. The Kier molecular flexibility index (Phi) is 6.77. The molecule has 1 N–H and O–H groups in total. The lowest BCUT2D eigenvalue weighted by atomic mass is 10.0. The zero-order valence-electron chi connectivity index (χ0n) is 17.9. The number of β-amino-alcohol motifs (C(OH)–C–C–N with tert-alkyl or cyclic N) is 1. The Bertz CT molecular complexity index is 816. The first-order valence-electron chi connectivity index (χ1n) is 10.8. The van der Waals surface area contributed by atoms with E-state index in [1.807, 2.05) is 18.2 Å². The average molecular weight is 413 g/mol. The molecule has 2 aromatic rings. The van der Waals surface area contributed by atoms with Gasteiger partial charge in [0.2, 0.25) is 6.79 Å². The van der Waals surface area contributed by atoms with Crippen LogP contribution in [0.1, 0.15) is 30.9 Å². The highest BCUT2D eigenvalue weighted by atomic mass is 16.7. The van der Waals surface area contributed by atoms with Crippen molar-refractivity contribution < 1.29 is 19.3 Å². The number of nitrogens with zero attached hydrogens (tertiary/aromatic N) is 2. The summed E-state index contributed by atoms with van der Waals surface area (Å²) in [5, 5.41) is 10.4. The Morgan fingerprint density at radius 1 is 0.933 bits per heavy atom. The molecule has 6 nitrogen and oxygen atoms in total. The van der Waals surface area contributed by atoms with Crippen LogP contribution in [0.4, 0.5) is 0 Å². The molecule has 2 aliphatic rings. The summed E-state index contributed by atoms with van der Waals surface area (Å²) in [4.78, 5) is 4.75. The Hall–Kier alpha value is -2.28. The molecule has 1 atom stereocenters.